The molecule has 4 unspecified atom stereocenters. The summed E-state index contributed by atoms with van der Waals surface area (Å²) in [6, 6.07) is 0.464. The zero-order chi connectivity index (χ0) is 12.4. The van der Waals surface area contributed by atoms with E-state index in [1.807, 2.05) is 0 Å². The zero-order valence-corrected chi connectivity index (χ0v) is 11.3. The predicted molar refractivity (Wildman–Crippen MR) is 72.2 cm³/mol. The van der Waals surface area contributed by atoms with E-state index in [0.717, 1.165) is 30.6 Å². The van der Waals surface area contributed by atoms with Gasteiger partial charge in [0.15, 0.2) is 0 Å². The van der Waals surface area contributed by atoms with Crippen LogP contribution in [0.25, 0.3) is 0 Å². The van der Waals surface area contributed by atoms with Crippen molar-refractivity contribution in [1.29, 1.82) is 5.41 Å². The summed E-state index contributed by atoms with van der Waals surface area (Å²) in [5.41, 5.74) is 5.53. The fourth-order valence-corrected chi connectivity index (χ4v) is 3.98. The molecule has 3 nitrogen and oxygen atoms in total. The molecular formula is C14H27N3. The molecule has 0 aromatic rings. The lowest BCUT2D eigenvalue weighted by atomic mass is 9.88. The van der Waals surface area contributed by atoms with Crippen LogP contribution in [0, 0.1) is 23.2 Å². The van der Waals surface area contributed by atoms with E-state index in [0.29, 0.717) is 11.9 Å². The molecule has 0 saturated heterocycles. The van der Waals surface area contributed by atoms with Crippen LogP contribution in [0.5, 0.6) is 0 Å². The highest BCUT2D eigenvalue weighted by Crippen LogP contribution is 2.48. The van der Waals surface area contributed by atoms with Crippen LogP contribution >= 0.6 is 0 Å². The van der Waals surface area contributed by atoms with Crippen molar-refractivity contribution in [2.75, 3.05) is 13.6 Å². The highest BCUT2D eigenvalue weighted by Gasteiger charge is 2.39. The van der Waals surface area contributed by atoms with Crippen molar-refractivity contribution in [3.05, 3.63) is 0 Å². The van der Waals surface area contributed by atoms with Crippen LogP contribution in [-0.2, 0) is 0 Å². The van der Waals surface area contributed by atoms with Gasteiger partial charge in [-0.05, 0) is 50.5 Å². The van der Waals surface area contributed by atoms with Crippen molar-refractivity contribution in [2.24, 2.45) is 23.5 Å². The van der Waals surface area contributed by atoms with E-state index in [1.165, 1.54) is 32.2 Å². The quantitative estimate of drug-likeness (QED) is 0.551. The SMILES string of the molecule is CCC(CC(=N)N)N(C)CC1CC2CCC1C2. The molecule has 4 atom stereocenters. The number of hydrogen-bond donors (Lipinski definition) is 2. The van der Waals surface area contributed by atoms with Gasteiger partial charge in [-0.3, -0.25) is 5.41 Å². The molecule has 3 N–H and O–H groups in total. The van der Waals surface area contributed by atoms with Gasteiger partial charge in [0.1, 0.15) is 0 Å². The van der Waals surface area contributed by atoms with Gasteiger partial charge >= 0.3 is 0 Å². The van der Waals surface area contributed by atoms with Gasteiger partial charge in [0.05, 0.1) is 5.84 Å². The number of nitrogens with zero attached hydrogens (tertiary/aromatic N) is 1. The summed E-state index contributed by atoms with van der Waals surface area (Å²) >= 11 is 0. The third kappa shape index (κ3) is 3.01. The molecule has 17 heavy (non-hydrogen) atoms. The Morgan fingerprint density at radius 1 is 1.41 bits per heavy atom. The second kappa shape index (κ2) is 5.38. The Labute approximate surface area is 105 Å². The Morgan fingerprint density at radius 2 is 2.18 bits per heavy atom. The fourth-order valence-electron chi connectivity index (χ4n) is 3.98. The second-order valence-electron chi connectivity index (χ2n) is 6.17. The molecule has 2 rings (SSSR count). The van der Waals surface area contributed by atoms with Crippen LogP contribution in [0.2, 0.25) is 0 Å². The third-order valence-electron chi connectivity index (χ3n) is 4.96. The smallest absolute Gasteiger partial charge is 0.0921 e. The monoisotopic (exact) mass is 237 g/mol. The molecule has 2 fully saturated rings. The first-order chi connectivity index (χ1) is 8.10. The number of rotatable bonds is 6. The largest absolute Gasteiger partial charge is 0.388 e. The van der Waals surface area contributed by atoms with Crippen LogP contribution in [0.3, 0.4) is 0 Å². The van der Waals surface area contributed by atoms with Crippen LogP contribution in [0.1, 0.15) is 45.4 Å². The van der Waals surface area contributed by atoms with Crippen molar-refractivity contribution in [2.45, 2.75) is 51.5 Å². The van der Waals surface area contributed by atoms with Gasteiger partial charge in [0, 0.05) is 19.0 Å². The first kappa shape index (κ1) is 12.9. The molecular weight excluding hydrogens is 210 g/mol. The lowest BCUT2D eigenvalue weighted by molar-refractivity contribution is 0.171. The summed E-state index contributed by atoms with van der Waals surface area (Å²) in [4.78, 5) is 2.45. The Morgan fingerprint density at radius 3 is 2.65 bits per heavy atom. The van der Waals surface area contributed by atoms with Gasteiger partial charge in [-0.1, -0.05) is 13.3 Å². The number of nitrogens with two attached hydrogens (primary N) is 1. The molecule has 0 aromatic carbocycles. The maximum absolute atomic E-state index is 7.44. The third-order valence-corrected chi connectivity index (χ3v) is 4.96. The zero-order valence-electron chi connectivity index (χ0n) is 11.3. The molecule has 0 radical (unpaired) electrons. The summed E-state index contributed by atoms with van der Waals surface area (Å²) in [6.07, 6.45) is 7.71. The van der Waals surface area contributed by atoms with Crippen molar-refractivity contribution < 1.29 is 0 Å². The summed E-state index contributed by atoms with van der Waals surface area (Å²) in [7, 11) is 2.21. The normalized spacial score (nSPS) is 33.2. The first-order valence-electron chi connectivity index (χ1n) is 7.13. The minimum Gasteiger partial charge on any atom is -0.388 e. The minimum atomic E-state index is 0.330. The Kier molecular flexibility index (Phi) is 4.08. The first-order valence-corrected chi connectivity index (χ1v) is 7.13. The average molecular weight is 237 g/mol. The Bertz CT molecular complexity index is 277. The van der Waals surface area contributed by atoms with Crippen LogP contribution in [0.15, 0.2) is 0 Å². The molecule has 2 bridgehead atoms. The van der Waals surface area contributed by atoms with Crippen LogP contribution < -0.4 is 5.73 Å². The fraction of sp³-hybridized carbons (Fsp3) is 0.929. The molecule has 0 heterocycles. The molecule has 2 aliphatic rings. The van der Waals surface area contributed by atoms with E-state index >= 15 is 0 Å². The number of hydrogen-bond acceptors (Lipinski definition) is 2. The maximum Gasteiger partial charge on any atom is 0.0921 e. The lowest BCUT2D eigenvalue weighted by Crippen LogP contribution is -2.39. The summed E-state index contributed by atoms with van der Waals surface area (Å²) in [6.45, 7) is 3.41. The molecule has 0 spiro atoms. The Hall–Kier alpha value is -0.570. The van der Waals surface area contributed by atoms with Crippen molar-refractivity contribution in [3.8, 4) is 0 Å². The van der Waals surface area contributed by atoms with Crippen molar-refractivity contribution in [1.82, 2.24) is 4.90 Å². The van der Waals surface area contributed by atoms with E-state index < -0.39 is 0 Å². The van der Waals surface area contributed by atoms with Gasteiger partial charge in [-0.2, -0.15) is 0 Å². The molecule has 2 aliphatic carbocycles. The predicted octanol–water partition coefficient (Wildman–Crippen LogP) is 2.46. The van der Waals surface area contributed by atoms with Gasteiger partial charge in [0.2, 0.25) is 0 Å². The average Bonchev–Trinajstić information content (AvgIpc) is 2.87. The van der Waals surface area contributed by atoms with Crippen LogP contribution in [0.4, 0.5) is 0 Å². The van der Waals surface area contributed by atoms with Crippen molar-refractivity contribution in [3.63, 3.8) is 0 Å². The molecule has 98 valence electrons. The summed E-state index contributed by atoms with van der Waals surface area (Å²) < 4.78 is 0. The van der Waals surface area contributed by atoms with Gasteiger partial charge < -0.3 is 10.6 Å². The van der Waals surface area contributed by atoms with Gasteiger partial charge in [-0.25, -0.2) is 0 Å². The Balaban J connectivity index is 1.83. The van der Waals surface area contributed by atoms with Gasteiger partial charge in [0.25, 0.3) is 0 Å². The number of nitrogens with one attached hydrogen (secondary N) is 1. The molecule has 0 aromatic heterocycles. The minimum absolute atomic E-state index is 0.330. The van der Waals surface area contributed by atoms with E-state index in [-0.39, 0.29) is 0 Å². The van der Waals surface area contributed by atoms with E-state index in [2.05, 4.69) is 18.9 Å². The standard InChI is InChI=1S/C14H27N3/c1-3-13(8-14(15)16)17(2)9-12-7-10-4-5-11(12)6-10/h10-13H,3-9H2,1-2H3,(H3,15,16). The topological polar surface area (TPSA) is 53.1 Å². The summed E-state index contributed by atoms with van der Waals surface area (Å²) in [5, 5.41) is 7.44. The summed E-state index contributed by atoms with van der Waals surface area (Å²) in [5.74, 6) is 3.28. The van der Waals surface area contributed by atoms with Crippen LogP contribution in [-0.4, -0.2) is 30.4 Å². The lowest BCUT2D eigenvalue weighted by Gasteiger charge is -2.32. The highest BCUT2D eigenvalue weighted by molar-refractivity contribution is 5.77. The maximum atomic E-state index is 7.44. The van der Waals surface area contributed by atoms with E-state index in [4.69, 9.17) is 11.1 Å². The molecule has 2 saturated carbocycles. The highest BCUT2D eigenvalue weighted by atomic mass is 15.1. The number of amidine groups is 1. The number of fused-ring (bicyclic) bond motifs is 2. The second-order valence-corrected chi connectivity index (χ2v) is 6.17. The van der Waals surface area contributed by atoms with Crippen molar-refractivity contribution >= 4 is 5.84 Å². The van der Waals surface area contributed by atoms with E-state index in [1.54, 1.807) is 0 Å². The van der Waals surface area contributed by atoms with E-state index in [9.17, 15) is 0 Å². The molecule has 3 heteroatoms. The molecule has 0 aliphatic heterocycles. The van der Waals surface area contributed by atoms with Gasteiger partial charge in [-0.15, -0.1) is 0 Å². The molecule has 0 amide bonds.